The van der Waals surface area contributed by atoms with Gasteiger partial charge in [0.2, 0.25) is 5.91 Å². The molecular weight excluding hydrogens is 296 g/mol. The molecule has 0 saturated carbocycles. The summed E-state index contributed by atoms with van der Waals surface area (Å²) in [6.07, 6.45) is 0.634. The topological polar surface area (TPSA) is 78.9 Å². The van der Waals surface area contributed by atoms with Crippen LogP contribution in [-0.4, -0.2) is 50.3 Å². The Bertz CT molecular complexity index is 540. The molecule has 0 unspecified atom stereocenters. The van der Waals surface area contributed by atoms with Crippen LogP contribution in [0.25, 0.3) is 0 Å². The van der Waals surface area contributed by atoms with Crippen molar-refractivity contribution in [3.05, 3.63) is 42.0 Å². The predicted octanol–water partition coefficient (Wildman–Crippen LogP) is 1.35. The zero-order valence-corrected chi connectivity index (χ0v) is 13.7. The minimum atomic E-state index is -0.460. The van der Waals surface area contributed by atoms with Gasteiger partial charge >= 0.3 is 5.97 Å². The molecule has 0 aliphatic rings. The summed E-state index contributed by atoms with van der Waals surface area (Å²) in [6.45, 7) is 6.52. The Morgan fingerprint density at radius 3 is 2.52 bits per heavy atom. The Kier molecular flexibility index (Phi) is 7.83. The number of aliphatic hydroxyl groups is 1. The van der Waals surface area contributed by atoms with Gasteiger partial charge in [0.25, 0.3) is 0 Å². The van der Waals surface area contributed by atoms with Crippen LogP contribution in [0, 0.1) is 0 Å². The van der Waals surface area contributed by atoms with Crippen molar-refractivity contribution in [1.29, 1.82) is 0 Å². The Hall–Kier alpha value is -2.34. The van der Waals surface area contributed by atoms with Gasteiger partial charge in [-0.15, -0.1) is 0 Å². The Balaban J connectivity index is 2.48. The normalized spacial score (nSPS) is 10.0. The van der Waals surface area contributed by atoms with E-state index in [-0.39, 0.29) is 19.1 Å². The fraction of sp³-hybridized carbons (Fsp3) is 0.412. The first-order valence-corrected chi connectivity index (χ1v) is 7.54. The number of anilines is 1. The molecule has 0 bridgehead atoms. The van der Waals surface area contributed by atoms with Crippen LogP contribution in [0.3, 0.4) is 0 Å². The number of hydrogen-bond acceptors (Lipinski definition) is 5. The number of rotatable bonds is 9. The average molecular weight is 320 g/mol. The second-order valence-corrected chi connectivity index (χ2v) is 5.04. The molecule has 0 atom stereocenters. The highest BCUT2D eigenvalue weighted by molar-refractivity contribution is 5.92. The van der Waals surface area contributed by atoms with Crippen LogP contribution in [0.15, 0.2) is 36.4 Å². The summed E-state index contributed by atoms with van der Waals surface area (Å²) in [6, 6.07) is 6.96. The van der Waals surface area contributed by atoms with Gasteiger partial charge < -0.3 is 20.1 Å². The van der Waals surface area contributed by atoms with E-state index in [2.05, 4.69) is 11.9 Å². The van der Waals surface area contributed by atoms with Gasteiger partial charge in [0.1, 0.15) is 6.61 Å². The van der Waals surface area contributed by atoms with E-state index in [0.717, 1.165) is 5.69 Å². The number of nitrogens with zero attached hydrogens (tertiary/aromatic N) is 1. The van der Waals surface area contributed by atoms with Gasteiger partial charge in [0, 0.05) is 31.4 Å². The summed E-state index contributed by atoms with van der Waals surface area (Å²) >= 11 is 0. The largest absolute Gasteiger partial charge is 0.460 e. The summed E-state index contributed by atoms with van der Waals surface area (Å²) in [5.41, 5.74) is 1.92. The van der Waals surface area contributed by atoms with Gasteiger partial charge in [0.15, 0.2) is 0 Å². The SMILES string of the molecule is C=C(CC)C(=O)NCCN(C)c1ccc(C(=O)OCCO)cc1. The lowest BCUT2D eigenvalue weighted by atomic mass is 10.2. The molecule has 2 N–H and O–H groups in total. The van der Waals surface area contributed by atoms with Gasteiger partial charge in [-0.05, 0) is 30.7 Å². The highest BCUT2D eigenvalue weighted by Crippen LogP contribution is 2.14. The van der Waals surface area contributed by atoms with E-state index in [1.807, 2.05) is 31.0 Å². The van der Waals surface area contributed by atoms with Crippen molar-refractivity contribution in [3.8, 4) is 0 Å². The molecular formula is C17H24N2O4. The van der Waals surface area contributed by atoms with Gasteiger partial charge in [0.05, 0.1) is 12.2 Å². The third kappa shape index (κ3) is 6.12. The van der Waals surface area contributed by atoms with E-state index < -0.39 is 5.97 Å². The number of nitrogens with one attached hydrogen (secondary N) is 1. The van der Waals surface area contributed by atoms with Crippen molar-refractivity contribution in [2.75, 3.05) is 38.3 Å². The van der Waals surface area contributed by atoms with Crippen LogP contribution in [0.5, 0.6) is 0 Å². The first kappa shape index (κ1) is 18.7. The monoisotopic (exact) mass is 320 g/mol. The van der Waals surface area contributed by atoms with Gasteiger partial charge in [-0.25, -0.2) is 4.79 Å². The minimum absolute atomic E-state index is 0.0107. The fourth-order valence-corrected chi connectivity index (χ4v) is 1.83. The third-order valence-corrected chi connectivity index (χ3v) is 3.35. The van der Waals surface area contributed by atoms with Crippen LogP contribution >= 0.6 is 0 Å². The molecule has 0 saturated heterocycles. The molecule has 1 rings (SSSR count). The first-order chi connectivity index (χ1) is 11.0. The summed E-state index contributed by atoms with van der Waals surface area (Å²) in [7, 11) is 1.90. The second kappa shape index (κ2) is 9.63. The molecule has 23 heavy (non-hydrogen) atoms. The van der Waals surface area contributed by atoms with Crippen LogP contribution in [0.4, 0.5) is 5.69 Å². The molecule has 0 aliphatic carbocycles. The van der Waals surface area contributed by atoms with Crippen LogP contribution in [0.1, 0.15) is 23.7 Å². The number of hydrogen-bond donors (Lipinski definition) is 2. The highest BCUT2D eigenvalue weighted by Gasteiger charge is 2.08. The van der Waals surface area contributed by atoms with Crippen molar-refractivity contribution < 1.29 is 19.4 Å². The summed E-state index contributed by atoms with van der Waals surface area (Å²) in [5.74, 6) is -0.582. The maximum atomic E-state index is 11.6. The number of esters is 1. The molecule has 1 aromatic carbocycles. The lowest BCUT2D eigenvalue weighted by Crippen LogP contribution is -2.33. The van der Waals surface area contributed by atoms with Crippen molar-refractivity contribution in [2.24, 2.45) is 0 Å². The molecule has 126 valence electrons. The summed E-state index contributed by atoms with van der Waals surface area (Å²) in [5, 5.41) is 11.4. The number of ether oxygens (including phenoxy) is 1. The molecule has 0 fully saturated rings. The molecule has 6 nitrogen and oxygen atoms in total. The van der Waals surface area contributed by atoms with E-state index in [0.29, 0.717) is 30.6 Å². The number of likely N-dealkylation sites (N-methyl/N-ethyl adjacent to an activating group) is 1. The quantitative estimate of drug-likeness (QED) is 0.530. The van der Waals surface area contributed by atoms with Crippen molar-refractivity contribution in [1.82, 2.24) is 5.32 Å². The first-order valence-electron chi connectivity index (χ1n) is 7.54. The lowest BCUT2D eigenvalue weighted by molar-refractivity contribution is -0.117. The third-order valence-electron chi connectivity index (χ3n) is 3.35. The molecule has 0 spiro atoms. The maximum absolute atomic E-state index is 11.6. The van der Waals surface area contributed by atoms with Crippen molar-refractivity contribution >= 4 is 17.6 Å². The van der Waals surface area contributed by atoms with Crippen LogP contribution in [0.2, 0.25) is 0 Å². The van der Waals surface area contributed by atoms with Crippen molar-refractivity contribution in [3.63, 3.8) is 0 Å². The molecule has 0 heterocycles. The number of aliphatic hydroxyl groups excluding tert-OH is 1. The molecule has 1 aromatic rings. The molecule has 1 amide bonds. The van der Waals surface area contributed by atoms with E-state index in [1.165, 1.54) is 0 Å². The van der Waals surface area contributed by atoms with Crippen LogP contribution < -0.4 is 10.2 Å². The van der Waals surface area contributed by atoms with Crippen LogP contribution in [-0.2, 0) is 9.53 Å². The second-order valence-electron chi connectivity index (χ2n) is 5.04. The zero-order chi connectivity index (χ0) is 17.2. The number of carbonyl (C=O) groups is 2. The minimum Gasteiger partial charge on any atom is -0.460 e. The number of benzene rings is 1. The standard InChI is InChI=1S/C17H24N2O4/c1-4-13(2)16(21)18-9-10-19(3)15-7-5-14(6-8-15)17(22)23-12-11-20/h5-8,20H,2,4,9-12H2,1,3H3,(H,18,21). The average Bonchev–Trinajstić information content (AvgIpc) is 2.58. The maximum Gasteiger partial charge on any atom is 0.338 e. The van der Waals surface area contributed by atoms with Gasteiger partial charge in [-0.1, -0.05) is 13.5 Å². The summed E-state index contributed by atoms with van der Waals surface area (Å²) < 4.78 is 4.84. The highest BCUT2D eigenvalue weighted by atomic mass is 16.5. The van der Waals surface area contributed by atoms with Gasteiger partial charge in [-0.2, -0.15) is 0 Å². The van der Waals surface area contributed by atoms with Gasteiger partial charge in [-0.3, -0.25) is 4.79 Å². The lowest BCUT2D eigenvalue weighted by Gasteiger charge is -2.20. The molecule has 0 radical (unpaired) electrons. The Labute approximate surface area is 136 Å². The van der Waals surface area contributed by atoms with E-state index in [9.17, 15) is 9.59 Å². The van der Waals surface area contributed by atoms with E-state index in [1.54, 1.807) is 12.1 Å². The Morgan fingerprint density at radius 2 is 1.96 bits per heavy atom. The van der Waals surface area contributed by atoms with Crippen molar-refractivity contribution in [2.45, 2.75) is 13.3 Å². The zero-order valence-electron chi connectivity index (χ0n) is 13.7. The fourth-order valence-electron chi connectivity index (χ4n) is 1.83. The number of carbonyl (C=O) groups excluding carboxylic acids is 2. The predicted molar refractivity (Wildman–Crippen MR) is 89.5 cm³/mol. The Morgan fingerprint density at radius 1 is 1.30 bits per heavy atom. The summed E-state index contributed by atoms with van der Waals surface area (Å²) in [4.78, 5) is 25.2. The molecule has 0 aromatic heterocycles. The van der Waals surface area contributed by atoms with E-state index >= 15 is 0 Å². The molecule has 6 heteroatoms. The smallest absolute Gasteiger partial charge is 0.338 e. The van der Waals surface area contributed by atoms with E-state index in [4.69, 9.17) is 9.84 Å². The number of amides is 1. The molecule has 0 aliphatic heterocycles.